The minimum atomic E-state index is -4.26. The van der Waals surface area contributed by atoms with Crippen LogP contribution < -0.4 is 10.2 Å². The van der Waals surface area contributed by atoms with Crippen molar-refractivity contribution in [2.75, 3.05) is 18.0 Å². The number of alkyl halides is 3. The average Bonchev–Trinajstić information content (AvgIpc) is 3.21. The minimum Gasteiger partial charge on any atom is -0.324 e. The quantitative estimate of drug-likeness (QED) is 0.680. The average molecular weight is 475 g/mol. The van der Waals surface area contributed by atoms with Gasteiger partial charge in [-0.2, -0.15) is 13.2 Å². The Kier molecular flexibility index (Phi) is 5.58. The van der Waals surface area contributed by atoms with Crippen LogP contribution in [0.5, 0.6) is 0 Å². The molecule has 6 nitrogen and oxygen atoms in total. The highest BCUT2D eigenvalue weighted by atomic mass is 19.4. The fraction of sp³-hybridized carbons (Fsp3) is 0.560. The first-order valence-corrected chi connectivity index (χ1v) is 12.0. The molecule has 1 aromatic heterocycles. The molecule has 1 amide bonds. The molecule has 0 unspecified atom stereocenters. The molecule has 1 aliphatic carbocycles. The van der Waals surface area contributed by atoms with E-state index in [-0.39, 0.29) is 37.1 Å². The van der Waals surface area contributed by atoms with Gasteiger partial charge in [-0.25, -0.2) is 4.98 Å². The van der Waals surface area contributed by atoms with Crippen LogP contribution in [0.1, 0.15) is 78.6 Å². The van der Waals surface area contributed by atoms with Crippen molar-refractivity contribution < 1.29 is 22.8 Å². The standard InChI is InChI=1S/C25H29F3N4O2/c1-15(2)16-6-3-8-18-21(16)24(13-29-14-24)23(34)32(18)12-20-30-17-7-4-9-19(33)22(17)31(20)11-5-10-25(26,27)28/h3,6,8,15,29H,4-5,7,9-14H2,1-2H3. The van der Waals surface area contributed by atoms with E-state index < -0.39 is 18.0 Å². The number of Topliss-reactive ketones (excluding diaryl/α,β-unsaturated/α-hetero) is 1. The molecule has 1 saturated heterocycles. The molecule has 34 heavy (non-hydrogen) atoms. The van der Waals surface area contributed by atoms with Gasteiger partial charge in [0, 0.05) is 38.2 Å². The molecule has 9 heteroatoms. The Labute approximate surface area is 196 Å². The van der Waals surface area contributed by atoms with E-state index in [0.717, 1.165) is 16.8 Å². The first kappa shape index (κ1) is 23.1. The van der Waals surface area contributed by atoms with Crippen LogP contribution in [0.3, 0.4) is 0 Å². The number of amides is 1. The van der Waals surface area contributed by atoms with Crippen molar-refractivity contribution >= 4 is 17.4 Å². The van der Waals surface area contributed by atoms with Crippen molar-refractivity contribution in [3.8, 4) is 0 Å². The molecule has 0 bridgehead atoms. The van der Waals surface area contributed by atoms with Crippen LogP contribution in [0.2, 0.25) is 0 Å². The normalized spacial score (nSPS) is 19.1. The van der Waals surface area contributed by atoms with E-state index >= 15 is 0 Å². The van der Waals surface area contributed by atoms with Crippen LogP contribution in [-0.4, -0.2) is 40.5 Å². The fourth-order valence-corrected chi connectivity index (χ4v) is 5.63. The molecule has 2 aliphatic heterocycles. The molecule has 3 aliphatic rings. The summed E-state index contributed by atoms with van der Waals surface area (Å²) >= 11 is 0. The van der Waals surface area contributed by atoms with Gasteiger partial charge in [0.25, 0.3) is 0 Å². The number of imidazole rings is 1. The second-order valence-corrected chi connectivity index (χ2v) is 9.94. The smallest absolute Gasteiger partial charge is 0.324 e. The Hall–Kier alpha value is -2.68. The number of rotatable bonds is 6. The van der Waals surface area contributed by atoms with Gasteiger partial charge in [0.05, 0.1) is 12.2 Å². The number of hydrogen-bond donors (Lipinski definition) is 1. The predicted octanol–water partition coefficient (Wildman–Crippen LogP) is 4.26. The lowest BCUT2D eigenvalue weighted by Crippen LogP contribution is -2.62. The highest BCUT2D eigenvalue weighted by Crippen LogP contribution is 2.48. The summed E-state index contributed by atoms with van der Waals surface area (Å²) in [5, 5.41) is 3.25. The van der Waals surface area contributed by atoms with Gasteiger partial charge in [-0.05, 0) is 42.4 Å². The molecule has 2 aromatic rings. The third kappa shape index (κ3) is 3.65. The van der Waals surface area contributed by atoms with Gasteiger partial charge >= 0.3 is 6.18 Å². The maximum absolute atomic E-state index is 13.7. The fourth-order valence-electron chi connectivity index (χ4n) is 5.63. The van der Waals surface area contributed by atoms with E-state index in [1.54, 1.807) is 9.47 Å². The number of anilines is 1. The molecule has 1 fully saturated rings. The zero-order valence-corrected chi connectivity index (χ0v) is 19.5. The van der Waals surface area contributed by atoms with Gasteiger partial charge in [0.15, 0.2) is 5.78 Å². The highest BCUT2D eigenvalue weighted by molar-refractivity contribution is 6.09. The number of nitrogens with zero attached hydrogens (tertiary/aromatic N) is 3. The zero-order valence-electron chi connectivity index (χ0n) is 19.5. The largest absolute Gasteiger partial charge is 0.389 e. The Balaban J connectivity index is 1.53. The van der Waals surface area contributed by atoms with Crippen molar-refractivity contribution in [2.24, 2.45) is 0 Å². The van der Waals surface area contributed by atoms with Crippen LogP contribution in [0.25, 0.3) is 0 Å². The molecule has 182 valence electrons. The zero-order chi connectivity index (χ0) is 24.3. The lowest BCUT2D eigenvalue weighted by atomic mass is 9.73. The van der Waals surface area contributed by atoms with E-state index in [9.17, 15) is 22.8 Å². The Morgan fingerprint density at radius 3 is 2.59 bits per heavy atom. The summed E-state index contributed by atoms with van der Waals surface area (Å²) < 4.78 is 40.1. The van der Waals surface area contributed by atoms with Crippen LogP contribution in [-0.2, 0) is 29.7 Å². The number of benzene rings is 1. The summed E-state index contributed by atoms with van der Waals surface area (Å²) in [7, 11) is 0. The van der Waals surface area contributed by atoms with Crippen molar-refractivity contribution in [1.29, 1.82) is 0 Å². The van der Waals surface area contributed by atoms with Crippen molar-refractivity contribution in [3.05, 3.63) is 46.5 Å². The molecule has 0 radical (unpaired) electrons. The van der Waals surface area contributed by atoms with Crippen LogP contribution in [0.15, 0.2) is 18.2 Å². The predicted molar refractivity (Wildman–Crippen MR) is 121 cm³/mol. The van der Waals surface area contributed by atoms with Gasteiger partial charge in [-0.1, -0.05) is 26.0 Å². The minimum absolute atomic E-state index is 0.0107. The van der Waals surface area contributed by atoms with Crippen molar-refractivity contribution in [1.82, 2.24) is 14.9 Å². The molecule has 0 atom stereocenters. The number of carbonyl (C=O) groups excluding carboxylic acids is 2. The number of halogens is 3. The number of aromatic nitrogens is 2. The Bertz CT molecular complexity index is 1150. The molecule has 1 aromatic carbocycles. The van der Waals surface area contributed by atoms with E-state index in [2.05, 4.69) is 30.2 Å². The molecule has 3 heterocycles. The third-order valence-corrected chi connectivity index (χ3v) is 7.32. The second-order valence-electron chi connectivity index (χ2n) is 9.94. The summed E-state index contributed by atoms with van der Waals surface area (Å²) in [6, 6.07) is 5.95. The molecule has 5 rings (SSSR count). The lowest BCUT2D eigenvalue weighted by Gasteiger charge is -2.39. The Morgan fingerprint density at radius 1 is 1.18 bits per heavy atom. The summed E-state index contributed by atoms with van der Waals surface area (Å²) in [6.45, 7) is 5.53. The highest BCUT2D eigenvalue weighted by Gasteiger charge is 2.56. The van der Waals surface area contributed by atoms with E-state index in [1.807, 2.05) is 12.1 Å². The van der Waals surface area contributed by atoms with Crippen LogP contribution in [0.4, 0.5) is 18.9 Å². The number of nitrogens with one attached hydrogen (secondary N) is 1. The van der Waals surface area contributed by atoms with Gasteiger partial charge < -0.3 is 14.8 Å². The molecule has 1 N–H and O–H groups in total. The first-order valence-electron chi connectivity index (χ1n) is 12.0. The van der Waals surface area contributed by atoms with E-state index in [0.29, 0.717) is 49.6 Å². The van der Waals surface area contributed by atoms with E-state index in [4.69, 9.17) is 0 Å². The summed E-state index contributed by atoms with van der Waals surface area (Å²) in [5.41, 5.74) is 3.47. The van der Waals surface area contributed by atoms with Crippen LogP contribution >= 0.6 is 0 Å². The molecule has 0 saturated carbocycles. The second kappa shape index (κ2) is 8.22. The topological polar surface area (TPSA) is 67.2 Å². The van der Waals surface area contributed by atoms with E-state index in [1.165, 1.54) is 0 Å². The summed E-state index contributed by atoms with van der Waals surface area (Å²) in [5.74, 6) is 0.640. The monoisotopic (exact) mass is 474 g/mol. The molecule has 1 spiro atoms. The maximum Gasteiger partial charge on any atom is 0.389 e. The number of carbonyl (C=O) groups is 2. The maximum atomic E-state index is 13.7. The number of ketones is 1. The third-order valence-electron chi connectivity index (χ3n) is 7.32. The molecular formula is C25H29F3N4O2. The number of hydrogen-bond acceptors (Lipinski definition) is 4. The van der Waals surface area contributed by atoms with Crippen LogP contribution in [0, 0.1) is 0 Å². The first-order chi connectivity index (χ1) is 16.1. The van der Waals surface area contributed by atoms with Gasteiger partial charge in [-0.15, -0.1) is 0 Å². The number of aryl methyl sites for hydroxylation is 1. The number of fused-ring (bicyclic) bond motifs is 3. The van der Waals surface area contributed by atoms with Crippen molar-refractivity contribution in [2.45, 2.75) is 76.6 Å². The van der Waals surface area contributed by atoms with Gasteiger partial charge in [0.2, 0.25) is 5.91 Å². The molecular weight excluding hydrogens is 445 g/mol. The van der Waals surface area contributed by atoms with Crippen molar-refractivity contribution in [3.63, 3.8) is 0 Å². The summed E-state index contributed by atoms with van der Waals surface area (Å²) in [6.07, 6.45) is -3.64. The Morgan fingerprint density at radius 2 is 1.94 bits per heavy atom. The van der Waals surface area contributed by atoms with Gasteiger partial charge in [-0.3, -0.25) is 9.59 Å². The van der Waals surface area contributed by atoms with Gasteiger partial charge in [0.1, 0.15) is 16.9 Å². The summed E-state index contributed by atoms with van der Waals surface area (Å²) in [4.78, 5) is 32.8. The SMILES string of the molecule is CC(C)c1cccc2c1C1(CNC1)C(=O)N2Cc1nc2c(n1CCCC(F)(F)F)C(=O)CCC2. The lowest BCUT2D eigenvalue weighted by molar-refractivity contribution is -0.135.